The van der Waals surface area contributed by atoms with Crippen LogP contribution in [0.5, 0.6) is 0 Å². The SMILES string of the molecule is O=C(BC1CCCCCCC1)NC12CC(C3CCCC(BC4CCCCCCC4)CCC3)(C1)C2. The summed E-state index contributed by atoms with van der Waals surface area (Å²) >= 11 is 0. The molecule has 0 unspecified atom stereocenters. The molecule has 6 aliphatic carbocycles. The largest absolute Gasteiger partial charge is 0.360 e. The predicted molar refractivity (Wildman–Crippen MR) is 149 cm³/mol. The van der Waals surface area contributed by atoms with Gasteiger partial charge in [0.15, 0.2) is 5.81 Å². The lowest BCUT2D eigenvalue weighted by Gasteiger charge is -2.74. The third-order valence-electron chi connectivity index (χ3n) is 11.3. The minimum absolute atomic E-state index is 0.224. The van der Waals surface area contributed by atoms with Crippen molar-refractivity contribution >= 4 is 20.4 Å². The van der Waals surface area contributed by atoms with Crippen LogP contribution >= 0.6 is 0 Å². The van der Waals surface area contributed by atoms with E-state index < -0.39 is 0 Å². The van der Waals surface area contributed by atoms with Gasteiger partial charge >= 0.3 is 0 Å². The van der Waals surface area contributed by atoms with Crippen molar-refractivity contribution < 1.29 is 4.79 Å². The monoisotopic (exact) mass is 465 g/mol. The van der Waals surface area contributed by atoms with E-state index in [2.05, 4.69) is 5.32 Å². The molecule has 0 aromatic heterocycles. The van der Waals surface area contributed by atoms with Crippen molar-refractivity contribution in [2.45, 2.75) is 171 Å². The lowest BCUT2D eigenvalue weighted by Crippen LogP contribution is -2.76. The van der Waals surface area contributed by atoms with Crippen molar-refractivity contribution in [1.29, 1.82) is 0 Å². The van der Waals surface area contributed by atoms with E-state index in [9.17, 15) is 4.79 Å². The first-order chi connectivity index (χ1) is 16.6. The molecule has 6 saturated carbocycles. The molecule has 0 aromatic rings. The Labute approximate surface area is 212 Å². The smallest absolute Gasteiger partial charge is 0.237 e. The molecule has 6 fully saturated rings. The third kappa shape index (κ3) is 6.29. The minimum Gasteiger partial charge on any atom is -0.360 e. The van der Waals surface area contributed by atoms with Crippen LogP contribution in [-0.4, -0.2) is 25.9 Å². The summed E-state index contributed by atoms with van der Waals surface area (Å²) in [5.41, 5.74) is 0.849. The van der Waals surface area contributed by atoms with Crippen molar-refractivity contribution in [3.8, 4) is 0 Å². The molecule has 6 aliphatic rings. The first-order valence-electron chi connectivity index (χ1n) is 16.0. The molecule has 0 saturated heterocycles. The van der Waals surface area contributed by atoms with E-state index in [1.165, 1.54) is 148 Å². The Morgan fingerprint density at radius 3 is 1.53 bits per heavy atom. The van der Waals surface area contributed by atoms with Gasteiger partial charge in [-0.25, -0.2) is 0 Å². The van der Waals surface area contributed by atoms with Gasteiger partial charge in [0.05, 0.1) is 0 Å². The Morgan fingerprint density at radius 1 is 0.559 bits per heavy atom. The van der Waals surface area contributed by atoms with E-state index in [-0.39, 0.29) is 5.54 Å². The quantitative estimate of drug-likeness (QED) is 0.393. The fourth-order valence-electron chi connectivity index (χ4n) is 9.48. The molecular weight excluding hydrogens is 412 g/mol. The second kappa shape index (κ2) is 11.8. The second-order valence-electron chi connectivity index (χ2n) is 14.0. The van der Waals surface area contributed by atoms with E-state index in [4.69, 9.17) is 0 Å². The van der Waals surface area contributed by atoms with E-state index in [1.807, 2.05) is 0 Å². The van der Waals surface area contributed by atoms with Crippen LogP contribution in [0, 0.1) is 11.3 Å². The molecule has 2 bridgehead atoms. The van der Waals surface area contributed by atoms with Gasteiger partial charge in [-0.1, -0.05) is 133 Å². The Morgan fingerprint density at radius 2 is 1.00 bits per heavy atom. The maximum absolute atomic E-state index is 12.9. The fraction of sp³-hybridized carbons (Fsp3) is 0.967. The molecule has 0 atom stereocenters. The lowest BCUT2D eigenvalue weighted by molar-refractivity contribution is -0.188. The van der Waals surface area contributed by atoms with Crippen molar-refractivity contribution in [3.05, 3.63) is 0 Å². The average Bonchev–Trinajstić information content (AvgIpc) is 2.69. The van der Waals surface area contributed by atoms with Gasteiger partial charge in [0, 0.05) is 5.54 Å². The minimum atomic E-state index is 0.224. The second-order valence-corrected chi connectivity index (χ2v) is 14.0. The summed E-state index contributed by atoms with van der Waals surface area (Å²) in [5, 5.41) is 3.56. The Hall–Kier alpha value is -0.400. The number of hydrogen-bond acceptors (Lipinski definition) is 1. The zero-order valence-electron chi connectivity index (χ0n) is 22.4. The molecule has 0 heterocycles. The van der Waals surface area contributed by atoms with Gasteiger partial charge in [-0.15, -0.1) is 0 Å². The van der Waals surface area contributed by atoms with Crippen molar-refractivity contribution in [2.24, 2.45) is 11.3 Å². The van der Waals surface area contributed by atoms with Crippen molar-refractivity contribution in [3.63, 3.8) is 0 Å². The Bertz CT molecular complexity index is 620. The van der Waals surface area contributed by atoms with E-state index in [0.717, 1.165) is 24.8 Å². The molecule has 0 aliphatic heterocycles. The molecule has 0 spiro atoms. The Kier molecular flexibility index (Phi) is 8.74. The van der Waals surface area contributed by atoms with Crippen LogP contribution in [0.15, 0.2) is 0 Å². The van der Waals surface area contributed by atoms with E-state index >= 15 is 0 Å². The van der Waals surface area contributed by atoms with Crippen molar-refractivity contribution in [1.82, 2.24) is 5.32 Å². The number of nitrogens with one attached hydrogen (secondary N) is 1. The van der Waals surface area contributed by atoms with E-state index in [0.29, 0.717) is 17.0 Å². The van der Waals surface area contributed by atoms with Gasteiger partial charge in [-0.05, 0) is 43.4 Å². The average molecular weight is 465 g/mol. The van der Waals surface area contributed by atoms with Gasteiger partial charge < -0.3 is 5.32 Å². The molecular formula is C30H53B2NO. The zero-order chi connectivity index (χ0) is 23.3. The lowest BCUT2D eigenvalue weighted by atomic mass is 9.34. The number of carbonyl (C=O) groups excluding carboxylic acids is 1. The van der Waals surface area contributed by atoms with Crippen molar-refractivity contribution in [2.75, 3.05) is 0 Å². The molecule has 6 rings (SSSR count). The zero-order valence-corrected chi connectivity index (χ0v) is 22.4. The van der Waals surface area contributed by atoms with Crippen LogP contribution in [0.1, 0.15) is 148 Å². The van der Waals surface area contributed by atoms with Crippen LogP contribution in [0.25, 0.3) is 0 Å². The topological polar surface area (TPSA) is 29.1 Å². The highest BCUT2D eigenvalue weighted by Crippen LogP contribution is 2.72. The summed E-state index contributed by atoms with van der Waals surface area (Å²) in [7, 11) is 2.35. The molecule has 0 aromatic carbocycles. The van der Waals surface area contributed by atoms with Crippen LogP contribution < -0.4 is 5.32 Å². The number of amides is 1. The third-order valence-corrected chi connectivity index (χ3v) is 11.3. The first-order valence-corrected chi connectivity index (χ1v) is 16.0. The maximum Gasteiger partial charge on any atom is 0.237 e. The number of rotatable bonds is 6. The normalized spacial score (nSPS) is 38.4. The van der Waals surface area contributed by atoms with Gasteiger partial charge in [0.1, 0.15) is 7.28 Å². The highest BCUT2D eigenvalue weighted by Gasteiger charge is 2.70. The summed E-state index contributed by atoms with van der Waals surface area (Å²) in [6.07, 6.45) is 32.8. The maximum atomic E-state index is 12.9. The van der Waals surface area contributed by atoms with Crippen LogP contribution in [0.4, 0.5) is 4.79 Å². The van der Waals surface area contributed by atoms with Gasteiger partial charge in [0.2, 0.25) is 7.28 Å². The highest BCUT2D eigenvalue weighted by molar-refractivity contribution is 6.74. The van der Waals surface area contributed by atoms with Gasteiger partial charge in [0.25, 0.3) is 0 Å². The summed E-state index contributed by atoms with van der Waals surface area (Å²) < 4.78 is 0. The summed E-state index contributed by atoms with van der Waals surface area (Å²) in [4.78, 5) is 12.9. The number of hydrogen-bond donors (Lipinski definition) is 1. The molecule has 1 N–H and O–H groups in total. The summed E-state index contributed by atoms with van der Waals surface area (Å²) in [5.74, 6) is 4.07. The number of carbonyl (C=O) groups is 1. The first kappa shape index (κ1) is 25.3. The summed E-state index contributed by atoms with van der Waals surface area (Å²) in [6, 6.07) is 0. The highest BCUT2D eigenvalue weighted by atomic mass is 16.1. The van der Waals surface area contributed by atoms with Crippen LogP contribution in [-0.2, 0) is 0 Å². The molecule has 34 heavy (non-hydrogen) atoms. The van der Waals surface area contributed by atoms with Gasteiger partial charge in [-0.3, -0.25) is 4.79 Å². The molecule has 0 radical (unpaired) electrons. The standard InChI is InChI=1S/C30H53B2NO/c34-28(32-27-17-9-5-2-6-10-18-27)33-30-21-29(22-30,23-30)24-13-11-19-26(20-12-14-24)31-25-15-7-3-1-4-8-16-25/h24-27,31-32H,1-23H2,(H,33,34). The Balaban J connectivity index is 1.01. The van der Waals surface area contributed by atoms with Crippen LogP contribution in [0.2, 0.25) is 17.5 Å². The molecule has 1 amide bonds. The predicted octanol–water partition coefficient (Wildman–Crippen LogP) is 8.32. The summed E-state index contributed by atoms with van der Waals surface area (Å²) in [6.45, 7) is 0. The molecule has 2 nitrogen and oxygen atoms in total. The van der Waals surface area contributed by atoms with Crippen LogP contribution in [0.3, 0.4) is 0 Å². The molecule has 4 heteroatoms. The van der Waals surface area contributed by atoms with E-state index in [1.54, 1.807) is 7.28 Å². The fourth-order valence-corrected chi connectivity index (χ4v) is 9.48. The molecule has 190 valence electrons. The van der Waals surface area contributed by atoms with Gasteiger partial charge in [-0.2, -0.15) is 0 Å².